The number of carbonyl (C=O) groups excluding carboxylic acids is 2. The average Bonchev–Trinajstić information content (AvgIpc) is 2.59. The molecule has 0 saturated heterocycles. The molecule has 0 aliphatic rings. The first-order chi connectivity index (χ1) is 11.5. The van der Waals surface area contributed by atoms with Gasteiger partial charge in [-0.05, 0) is 30.5 Å². The fourth-order valence-electron chi connectivity index (χ4n) is 2.16. The Kier molecular flexibility index (Phi) is 6.37. The van der Waals surface area contributed by atoms with Crippen LogP contribution in [0.2, 0.25) is 0 Å². The van der Waals surface area contributed by atoms with Crippen molar-refractivity contribution < 1.29 is 14.3 Å². The van der Waals surface area contributed by atoms with E-state index >= 15 is 0 Å². The first-order valence-electron chi connectivity index (χ1n) is 7.82. The highest BCUT2D eigenvalue weighted by atomic mass is 16.5. The number of ether oxygens (including phenoxy) is 1. The second-order valence-electron chi connectivity index (χ2n) is 5.61. The first kappa shape index (κ1) is 17.5. The van der Waals surface area contributed by atoms with Crippen molar-refractivity contribution in [2.75, 3.05) is 6.54 Å². The molecule has 2 N–H and O–H groups in total. The normalized spacial score (nSPS) is 10.1. The fraction of sp³-hybridized carbons (Fsp3) is 0.263. The molecule has 126 valence electrons. The van der Waals surface area contributed by atoms with Gasteiger partial charge in [0, 0.05) is 6.54 Å². The number of amides is 2. The summed E-state index contributed by atoms with van der Waals surface area (Å²) in [5.74, 6) is -0.467. The molecule has 2 amide bonds. The minimum atomic E-state index is -0.467. The molecule has 0 radical (unpaired) electrons. The molecule has 0 fully saturated rings. The van der Waals surface area contributed by atoms with Crippen molar-refractivity contribution >= 4 is 12.0 Å². The quantitative estimate of drug-likeness (QED) is 0.802. The number of aryl methyl sites for hydroxylation is 2. The smallest absolute Gasteiger partial charge is 0.325 e. The van der Waals surface area contributed by atoms with Crippen LogP contribution in [-0.2, 0) is 22.7 Å². The van der Waals surface area contributed by atoms with Gasteiger partial charge in [-0.2, -0.15) is 0 Å². The Morgan fingerprint density at radius 2 is 1.75 bits per heavy atom. The van der Waals surface area contributed by atoms with Crippen LogP contribution in [0, 0.1) is 13.8 Å². The maximum absolute atomic E-state index is 11.7. The SMILES string of the molecule is Cc1ccc(C)c(COC(=O)CNC(=O)NCc2ccccc2)c1. The van der Waals surface area contributed by atoms with E-state index in [9.17, 15) is 9.59 Å². The van der Waals surface area contributed by atoms with Crippen molar-refractivity contribution in [1.29, 1.82) is 0 Å². The van der Waals surface area contributed by atoms with E-state index in [-0.39, 0.29) is 13.2 Å². The predicted octanol–water partition coefficient (Wildman–Crippen LogP) is 2.85. The van der Waals surface area contributed by atoms with Gasteiger partial charge in [0.25, 0.3) is 0 Å². The Bertz CT molecular complexity index is 699. The van der Waals surface area contributed by atoms with Gasteiger partial charge >= 0.3 is 12.0 Å². The van der Waals surface area contributed by atoms with Crippen molar-refractivity contribution in [2.45, 2.75) is 27.0 Å². The fourth-order valence-corrected chi connectivity index (χ4v) is 2.16. The zero-order valence-electron chi connectivity index (χ0n) is 14.0. The molecule has 5 heteroatoms. The van der Waals surface area contributed by atoms with Crippen molar-refractivity contribution in [2.24, 2.45) is 0 Å². The second-order valence-corrected chi connectivity index (χ2v) is 5.61. The molecule has 2 aromatic rings. The lowest BCUT2D eigenvalue weighted by atomic mass is 10.1. The number of urea groups is 1. The van der Waals surface area contributed by atoms with Crippen molar-refractivity contribution in [3.05, 3.63) is 70.8 Å². The van der Waals surface area contributed by atoms with Crippen LogP contribution in [0.25, 0.3) is 0 Å². The summed E-state index contributed by atoms with van der Waals surface area (Å²) in [6.45, 7) is 4.41. The zero-order chi connectivity index (χ0) is 17.4. The maximum atomic E-state index is 11.7. The third-order valence-electron chi connectivity index (χ3n) is 3.58. The molecule has 24 heavy (non-hydrogen) atoms. The second kappa shape index (κ2) is 8.72. The lowest BCUT2D eigenvalue weighted by molar-refractivity contribution is -0.143. The van der Waals surface area contributed by atoms with Crippen molar-refractivity contribution in [3.63, 3.8) is 0 Å². The molecule has 0 saturated carbocycles. The van der Waals surface area contributed by atoms with E-state index in [1.165, 1.54) is 0 Å². The number of rotatable bonds is 6. The molecule has 2 aromatic carbocycles. The Morgan fingerprint density at radius 1 is 1.00 bits per heavy atom. The van der Waals surface area contributed by atoms with Gasteiger partial charge in [0.15, 0.2) is 0 Å². The summed E-state index contributed by atoms with van der Waals surface area (Å²) >= 11 is 0. The monoisotopic (exact) mass is 326 g/mol. The van der Waals surface area contributed by atoms with Crippen LogP contribution in [-0.4, -0.2) is 18.5 Å². The van der Waals surface area contributed by atoms with Crippen LogP contribution in [0.15, 0.2) is 48.5 Å². The van der Waals surface area contributed by atoms with E-state index in [0.29, 0.717) is 6.54 Å². The highest BCUT2D eigenvalue weighted by Crippen LogP contribution is 2.11. The maximum Gasteiger partial charge on any atom is 0.325 e. The Labute approximate surface area is 142 Å². The number of esters is 1. The van der Waals surface area contributed by atoms with Crippen molar-refractivity contribution in [1.82, 2.24) is 10.6 Å². The summed E-state index contributed by atoms with van der Waals surface area (Å²) in [4.78, 5) is 23.4. The number of nitrogens with one attached hydrogen (secondary N) is 2. The Balaban J connectivity index is 1.69. The molecule has 0 spiro atoms. The molecule has 0 unspecified atom stereocenters. The molecule has 0 bridgehead atoms. The summed E-state index contributed by atoms with van der Waals surface area (Å²) in [5, 5.41) is 5.18. The standard InChI is InChI=1S/C19H22N2O3/c1-14-8-9-15(2)17(10-14)13-24-18(22)12-21-19(23)20-11-16-6-4-3-5-7-16/h3-10H,11-13H2,1-2H3,(H2,20,21,23). The minimum Gasteiger partial charge on any atom is -0.459 e. The molecule has 0 aliphatic heterocycles. The summed E-state index contributed by atoms with van der Waals surface area (Å²) in [6.07, 6.45) is 0. The Morgan fingerprint density at radius 3 is 2.50 bits per heavy atom. The highest BCUT2D eigenvalue weighted by molar-refractivity contribution is 5.80. The highest BCUT2D eigenvalue weighted by Gasteiger charge is 2.08. The van der Waals surface area contributed by atoms with Gasteiger partial charge in [-0.3, -0.25) is 4.79 Å². The van der Waals surface area contributed by atoms with Gasteiger partial charge < -0.3 is 15.4 Å². The molecule has 2 rings (SSSR count). The summed E-state index contributed by atoms with van der Waals surface area (Å²) in [5.41, 5.74) is 4.15. The van der Waals surface area contributed by atoms with Gasteiger partial charge in [0.05, 0.1) is 0 Å². The first-order valence-corrected chi connectivity index (χ1v) is 7.82. The van der Waals surface area contributed by atoms with Gasteiger partial charge in [0.2, 0.25) is 0 Å². The molecule has 0 aliphatic carbocycles. The zero-order valence-corrected chi connectivity index (χ0v) is 14.0. The van der Waals surface area contributed by atoms with Gasteiger partial charge in [0.1, 0.15) is 13.2 Å². The van der Waals surface area contributed by atoms with Gasteiger partial charge in [-0.15, -0.1) is 0 Å². The van der Waals surface area contributed by atoms with E-state index in [0.717, 1.165) is 22.3 Å². The molecule has 5 nitrogen and oxygen atoms in total. The lowest BCUT2D eigenvalue weighted by Crippen LogP contribution is -2.38. The van der Waals surface area contributed by atoms with Gasteiger partial charge in [-0.1, -0.05) is 54.1 Å². The van der Waals surface area contributed by atoms with Crippen LogP contribution < -0.4 is 10.6 Å². The topological polar surface area (TPSA) is 67.4 Å². The molecule has 0 aromatic heterocycles. The predicted molar refractivity (Wildman–Crippen MR) is 92.4 cm³/mol. The number of carbonyl (C=O) groups is 2. The number of benzene rings is 2. The van der Waals surface area contributed by atoms with Crippen LogP contribution in [0.4, 0.5) is 4.79 Å². The average molecular weight is 326 g/mol. The lowest BCUT2D eigenvalue weighted by Gasteiger charge is -2.10. The summed E-state index contributed by atoms with van der Waals surface area (Å²) in [6, 6.07) is 15.1. The van der Waals surface area contributed by atoms with Gasteiger partial charge in [-0.25, -0.2) is 4.79 Å². The summed E-state index contributed by atoms with van der Waals surface area (Å²) in [7, 11) is 0. The van der Waals surface area contributed by atoms with Crippen LogP contribution >= 0.6 is 0 Å². The largest absolute Gasteiger partial charge is 0.459 e. The van der Waals surface area contributed by atoms with E-state index in [1.807, 2.05) is 62.4 Å². The van der Waals surface area contributed by atoms with E-state index < -0.39 is 12.0 Å². The third kappa shape index (κ3) is 5.76. The number of hydrogen-bond acceptors (Lipinski definition) is 3. The molecule has 0 atom stereocenters. The minimum absolute atomic E-state index is 0.161. The van der Waals surface area contributed by atoms with E-state index in [2.05, 4.69) is 10.6 Å². The molecule has 0 heterocycles. The van der Waals surface area contributed by atoms with E-state index in [1.54, 1.807) is 0 Å². The molecular formula is C19H22N2O3. The molecular weight excluding hydrogens is 304 g/mol. The van der Waals surface area contributed by atoms with Crippen LogP contribution in [0.1, 0.15) is 22.3 Å². The van der Waals surface area contributed by atoms with Crippen LogP contribution in [0.5, 0.6) is 0 Å². The Hall–Kier alpha value is -2.82. The van der Waals surface area contributed by atoms with Crippen molar-refractivity contribution in [3.8, 4) is 0 Å². The number of hydrogen-bond donors (Lipinski definition) is 2. The third-order valence-corrected chi connectivity index (χ3v) is 3.58. The summed E-state index contributed by atoms with van der Waals surface area (Å²) < 4.78 is 5.20. The van der Waals surface area contributed by atoms with Crippen LogP contribution in [0.3, 0.4) is 0 Å². The van der Waals surface area contributed by atoms with E-state index in [4.69, 9.17) is 4.74 Å².